The molecular formula is C16H23NOS. The SMILES string of the molecule is Cc1ccc(S)cc1C(=O)NC1CCC(C)(C)CC1. The Kier molecular flexibility index (Phi) is 4.24. The maximum atomic E-state index is 12.3. The van der Waals surface area contributed by atoms with Crippen LogP contribution in [0.15, 0.2) is 23.1 Å². The molecule has 2 nitrogen and oxygen atoms in total. The highest BCUT2D eigenvalue weighted by Crippen LogP contribution is 2.35. The molecule has 0 unspecified atom stereocenters. The second-order valence-corrected chi connectivity index (χ2v) is 6.93. The molecule has 0 bridgehead atoms. The minimum Gasteiger partial charge on any atom is -0.349 e. The van der Waals surface area contributed by atoms with Gasteiger partial charge in [-0.25, -0.2) is 0 Å². The van der Waals surface area contributed by atoms with Crippen molar-refractivity contribution < 1.29 is 4.79 Å². The highest BCUT2D eigenvalue weighted by atomic mass is 32.1. The maximum absolute atomic E-state index is 12.3. The third-order valence-electron chi connectivity index (χ3n) is 4.14. The van der Waals surface area contributed by atoms with Crippen LogP contribution in [0.1, 0.15) is 55.5 Å². The topological polar surface area (TPSA) is 29.1 Å². The van der Waals surface area contributed by atoms with E-state index in [0.29, 0.717) is 11.5 Å². The van der Waals surface area contributed by atoms with Crippen LogP contribution in [0.5, 0.6) is 0 Å². The molecule has 0 radical (unpaired) electrons. The number of carbonyl (C=O) groups excluding carboxylic acids is 1. The highest BCUT2D eigenvalue weighted by Gasteiger charge is 2.27. The van der Waals surface area contributed by atoms with Gasteiger partial charge in [-0.15, -0.1) is 12.6 Å². The van der Waals surface area contributed by atoms with E-state index < -0.39 is 0 Å². The van der Waals surface area contributed by atoms with Gasteiger partial charge < -0.3 is 5.32 Å². The lowest BCUT2D eigenvalue weighted by atomic mass is 9.75. The van der Waals surface area contributed by atoms with E-state index >= 15 is 0 Å². The van der Waals surface area contributed by atoms with E-state index in [0.717, 1.165) is 28.9 Å². The van der Waals surface area contributed by atoms with Gasteiger partial charge in [-0.3, -0.25) is 4.79 Å². The fourth-order valence-corrected chi connectivity index (χ4v) is 2.87. The summed E-state index contributed by atoms with van der Waals surface area (Å²) in [6.07, 6.45) is 4.53. The Balaban J connectivity index is 2.00. The number of aryl methyl sites for hydroxylation is 1. The zero-order valence-corrected chi connectivity index (χ0v) is 12.9. The summed E-state index contributed by atoms with van der Waals surface area (Å²) in [5, 5.41) is 3.17. The van der Waals surface area contributed by atoms with Crippen LogP contribution in [0.3, 0.4) is 0 Å². The van der Waals surface area contributed by atoms with Crippen molar-refractivity contribution in [1.29, 1.82) is 0 Å². The van der Waals surface area contributed by atoms with E-state index in [1.807, 2.05) is 25.1 Å². The van der Waals surface area contributed by atoms with E-state index in [1.165, 1.54) is 12.8 Å². The van der Waals surface area contributed by atoms with Gasteiger partial charge in [0, 0.05) is 16.5 Å². The van der Waals surface area contributed by atoms with Crippen molar-refractivity contribution in [1.82, 2.24) is 5.32 Å². The molecule has 1 aliphatic rings. The third-order valence-corrected chi connectivity index (χ3v) is 4.42. The second-order valence-electron chi connectivity index (χ2n) is 6.41. The first kappa shape index (κ1) is 14.4. The summed E-state index contributed by atoms with van der Waals surface area (Å²) >= 11 is 4.30. The Morgan fingerprint density at radius 3 is 2.58 bits per heavy atom. The quantitative estimate of drug-likeness (QED) is 0.787. The first-order valence-corrected chi connectivity index (χ1v) is 7.43. The predicted molar refractivity (Wildman–Crippen MR) is 81.9 cm³/mol. The average molecular weight is 277 g/mol. The molecule has 1 aromatic rings. The molecule has 0 saturated heterocycles. The molecule has 0 aromatic heterocycles. The Hall–Kier alpha value is -0.960. The monoisotopic (exact) mass is 277 g/mol. The summed E-state index contributed by atoms with van der Waals surface area (Å²) in [5.41, 5.74) is 2.19. The third kappa shape index (κ3) is 3.75. The molecule has 3 heteroatoms. The molecule has 1 saturated carbocycles. The molecule has 1 N–H and O–H groups in total. The van der Waals surface area contributed by atoms with Crippen molar-refractivity contribution in [3.05, 3.63) is 29.3 Å². The summed E-state index contributed by atoms with van der Waals surface area (Å²) in [6, 6.07) is 6.03. The number of thiol groups is 1. The van der Waals surface area contributed by atoms with Crippen molar-refractivity contribution in [3.63, 3.8) is 0 Å². The van der Waals surface area contributed by atoms with Gasteiger partial charge in [0.1, 0.15) is 0 Å². The molecule has 1 aromatic carbocycles. The van der Waals surface area contributed by atoms with Crippen molar-refractivity contribution in [2.45, 2.75) is 57.4 Å². The Morgan fingerprint density at radius 2 is 1.95 bits per heavy atom. The van der Waals surface area contributed by atoms with Gasteiger partial charge in [0.2, 0.25) is 0 Å². The number of nitrogens with one attached hydrogen (secondary N) is 1. The summed E-state index contributed by atoms with van der Waals surface area (Å²) < 4.78 is 0. The normalized spacial score (nSPS) is 19.2. The number of benzene rings is 1. The smallest absolute Gasteiger partial charge is 0.251 e. The van der Waals surface area contributed by atoms with Gasteiger partial charge in [0.05, 0.1) is 0 Å². The lowest BCUT2D eigenvalue weighted by Crippen LogP contribution is -2.39. The Bertz CT molecular complexity index is 472. The first-order valence-electron chi connectivity index (χ1n) is 6.98. The first-order chi connectivity index (χ1) is 8.87. The lowest BCUT2D eigenvalue weighted by molar-refractivity contribution is 0.0908. The van der Waals surface area contributed by atoms with E-state index in [1.54, 1.807) is 0 Å². The van der Waals surface area contributed by atoms with Crippen molar-refractivity contribution in [3.8, 4) is 0 Å². The van der Waals surface area contributed by atoms with Gasteiger partial charge in [-0.05, 0) is 55.7 Å². The summed E-state index contributed by atoms with van der Waals surface area (Å²) in [4.78, 5) is 13.1. The van der Waals surface area contributed by atoms with E-state index in [9.17, 15) is 4.79 Å². The largest absolute Gasteiger partial charge is 0.349 e. The molecule has 0 heterocycles. The number of carbonyl (C=O) groups is 1. The standard InChI is InChI=1S/C16H23NOS/c1-11-4-5-13(19)10-14(11)15(18)17-12-6-8-16(2,3)9-7-12/h4-5,10,12,19H,6-9H2,1-3H3,(H,17,18). The summed E-state index contributed by atoms with van der Waals surface area (Å²) in [7, 11) is 0. The molecule has 104 valence electrons. The molecule has 0 aliphatic heterocycles. The molecule has 1 fully saturated rings. The molecule has 1 amide bonds. The number of rotatable bonds is 2. The van der Waals surface area contributed by atoms with Crippen LogP contribution >= 0.6 is 12.6 Å². The molecule has 0 atom stereocenters. The van der Waals surface area contributed by atoms with E-state index in [2.05, 4.69) is 31.8 Å². The van der Waals surface area contributed by atoms with E-state index in [-0.39, 0.29) is 5.91 Å². The second kappa shape index (κ2) is 5.58. The zero-order chi connectivity index (χ0) is 14.0. The van der Waals surface area contributed by atoms with Gasteiger partial charge >= 0.3 is 0 Å². The molecular weight excluding hydrogens is 254 g/mol. The Morgan fingerprint density at radius 1 is 1.32 bits per heavy atom. The van der Waals surface area contributed by atoms with Crippen molar-refractivity contribution >= 4 is 18.5 Å². The van der Waals surface area contributed by atoms with Gasteiger partial charge in [0.15, 0.2) is 0 Å². The highest BCUT2D eigenvalue weighted by molar-refractivity contribution is 7.80. The van der Waals surface area contributed by atoms with Gasteiger partial charge in [-0.2, -0.15) is 0 Å². The minimum atomic E-state index is 0.0399. The van der Waals surface area contributed by atoms with Crippen LogP contribution in [0, 0.1) is 12.3 Å². The van der Waals surface area contributed by atoms with Crippen molar-refractivity contribution in [2.24, 2.45) is 5.41 Å². The van der Waals surface area contributed by atoms with Crippen LogP contribution in [-0.4, -0.2) is 11.9 Å². The van der Waals surface area contributed by atoms with E-state index in [4.69, 9.17) is 0 Å². The Labute approximate surface area is 121 Å². The maximum Gasteiger partial charge on any atom is 0.251 e. The zero-order valence-electron chi connectivity index (χ0n) is 12.0. The lowest BCUT2D eigenvalue weighted by Gasteiger charge is -2.34. The molecule has 2 rings (SSSR count). The number of hydrogen-bond donors (Lipinski definition) is 2. The van der Waals surface area contributed by atoms with Crippen LogP contribution in [0.25, 0.3) is 0 Å². The fraction of sp³-hybridized carbons (Fsp3) is 0.562. The van der Waals surface area contributed by atoms with Gasteiger partial charge in [0.25, 0.3) is 5.91 Å². The minimum absolute atomic E-state index is 0.0399. The summed E-state index contributed by atoms with van der Waals surface area (Å²) in [6.45, 7) is 6.57. The van der Waals surface area contributed by atoms with Crippen LogP contribution in [0.2, 0.25) is 0 Å². The van der Waals surface area contributed by atoms with Crippen LogP contribution < -0.4 is 5.32 Å². The predicted octanol–water partition coefficient (Wildman–Crippen LogP) is 3.98. The molecule has 1 aliphatic carbocycles. The van der Waals surface area contributed by atoms with Crippen LogP contribution in [-0.2, 0) is 0 Å². The molecule has 0 spiro atoms. The fourth-order valence-electron chi connectivity index (χ4n) is 2.66. The van der Waals surface area contributed by atoms with Crippen LogP contribution in [0.4, 0.5) is 0 Å². The average Bonchev–Trinajstić information content (AvgIpc) is 2.35. The van der Waals surface area contributed by atoms with Gasteiger partial charge in [-0.1, -0.05) is 19.9 Å². The molecule has 19 heavy (non-hydrogen) atoms. The number of amides is 1. The summed E-state index contributed by atoms with van der Waals surface area (Å²) in [5.74, 6) is 0.0399. The number of hydrogen-bond acceptors (Lipinski definition) is 2. The van der Waals surface area contributed by atoms with Crippen molar-refractivity contribution in [2.75, 3.05) is 0 Å².